The Hall–Kier alpha value is -3.97. The maximum atomic E-state index is 4.33. The van der Waals surface area contributed by atoms with E-state index in [4.69, 9.17) is 0 Å². The van der Waals surface area contributed by atoms with Gasteiger partial charge in [-0.3, -0.25) is 4.99 Å². The fourth-order valence-corrected chi connectivity index (χ4v) is 4.96. The van der Waals surface area contributed by atoms with E-state index in [1.807, 2.05) is 6.20 Å². The highest BCUT2D eigenvalue weighted by Crippen LogP contribution is 2.43. The largest absolute Gasteiger partial charge is 0.269 e. The second-order valence-corrected chi connectivity index (χ2v) is 8.35. The van der Waals surface area contributed by atoms with E-state index in [1.165, 1.54) is 49.4 Å². The fraction of sp³-hybridized carbons (Fsp3) is 0.0645. The lowest BCUT2D eigenvalue weighted by atomic mass is 9.85. The highest BCUT2D eigenvalue weighted by Gasteiger charge is 2.16. The van der Waals surface area contributed by atoms with E-state index in [1.54, 1.807) is 0 Å². The zero-order valence-corrected chi connectivity index (χ0v) is 17.8. The van der Waals surface area contributed by atoms with E-state index in [0.29, 0.717) is 5.92 Å². The lowest BCUT2D eigenvalue weighted by Gasteiger charge is -2.18. The van der Waals surface area contributed by atoms with Crippen LogP contribution in [0.5, 0.6) is 0 Å². The van der Waals surface area contributed by atoms with Gasteiger partial charge in [0, 0.05) is 18.3 Å². The van der Waals surface area contributed by atoms with E-state index in [9.17, 15) is 0 Å². The zero-order chi connectivity index (χ0) is 21.3. The van der Waals surface area contributed by atoms with Gasteiger partial charge in [-0.05, 0) is 55.8 Å². The van der Waals surface area contributed by atoms with Gasteiger partial charge in [0.25, 0.3) is 0 Å². The van der Waals surface area contributed by atoms with Crippen LogP contribution in [-0.4, -0.2) is 6.21 Å². The van der Waals surface area contributed by atoms with Gasteiger partial charge in [0.1, 0.15) is 0 Å². The Kier molecular flexibility index (Phi) is 4.66. The Balaban J connectivity index is 1.61. The van der Waals surface area contributed by atoms with Crippen LogP contribution in [-0.2, 0) is 0 Å². The summed E-state index contributed by atoms with van der Waals surface area (Å²) in [4.78, 5) is 4.33. The first-order valence-corrected chi connectivity index (χ1v) is 11.2. The van der Waals surface area contributed by atoms with Gasteiger partial charge in [-0.25, -0.2) is 0 Å². The summed E-state index contributed by atoms with van der Waals surface area (Å²) in [6, 6.07) is 37.4. The highest BCUT2D eigenvalue weighted by molar-refractivity contribution is 6.21. The van der Waals surface area contributed by atoms with E-state index in [-0.39, 0.29) is 0 Å². The molecule has 0 aliphatic carbocycles. The van der Waals surface area contributed by atoms with Crippen molar-refractivity contribution in [2.24, 2.45) is 4.99 Å². The summed E-state index contributed by atoms with van der Waals surface area (Å²) in [6.45, 7) is 0. The summed E-state index contributed by atoms with van der Waals surface area (Å²) in [6.07, 6.45) is 7.09. The minimum Gasteiger partial charge on any atom is -0.269 e. The molecule has 1 heterocycles. The average Bonchev–Trinajstić information content (AvgIpc) is 2.88. The number of benzene rings is 5. The van der Waals surface area contributed by atoms with Crippen LogP contribution >= 0.6 is 0 Å². The predicted octanol–water partition coefficient (Wildman–Crippen LogP) is 8.40. The van der Waals surface area contributed by atoms with Crippen LogP contribution in [0, 0.1) is 0 Å². The zero-order valence-electron chi connectivity index (χ0n) is 17.8. The summed E-state index contributed by atoms with van der Waals surface area (Å²) >= 11 is 0. The summed E-state index contributed by atoms with van der Waals surface area (Å²) in [5.74, 6) is 0.364. The molecule has 1 atom stereocenters. The third-order valence-corrected chi connectivity index (χ3v) is 6.47. The molecule has 1 aliphatic rings. The normalized spacial score (nSPS) is 15.4. The summed E-state index contributed by atoms with van der Waals surface area (Å²) < 4.78 is 0. The van der Waals surface area contributed by atoms with Gasteiger partial charge >= 0.3 is 0 Å². The standard InChI is InChI=1S/C31H23N/c1-2-9-23(10-3-1)30-26-12-4-6-14-28(26)31(29-15-7-5-13-27(29)30)24-18-16-22(17-19-24)25-11-8-20-32-21-25/h1-10,12-21,25H,11H2. The predicted molar refractivity (Wildman–Crippen MR) is 137 cm³/mol. The van der Waals surface area contributed by atoms with Gasteiger partial charge in [0.15, 0.2) is 0 Å². The van der Waals surface area contributed by atoms with Crippen molar-refractivity contribution < 1.29 is 0 Å². The number of hydrogen-bond donors (Lipinski definition) is 0. The lowest BCUT2D eigenvalue weighted by Crippen LogP contribution is -2.01. The highest BCUT2D eigenvalue weighted by atomic mass is 14.7. The van der Waals surface area contributed by atoms with E-state index < -0.39 is 0 Å². The molecule has 0 spiro atoms. The third kappa shape index (κ3) is 3.14. The molecule has 0 N–H and O–H groups in total. The van der Waals surface area contributed by atoms with Crippen LogP contribution < -0.4 is 0 Å². The first-order valence-electron chi connectivity index (χ1n) is 11.2. The molecular formula is C31H23N. The molecule has 0 aromatic heterocycles. The van der Waals surface area contributed by atoms with Crippen molar-refractivity contribution in [1.82, 2.24) is 0 Å². The first-order chi connectivity index (χ1) is 15.9. The maximum absolute atomic E-state index is 4.33. The monoisotopic (exact) mass is 409 g/mol. The minimum atomic E-state index is 0.364. The average molecular weight is 410 g/mol. The smallest absolute Gasteiger partial charge is 0.0228 e. The fourth-order valence-electron chi connectivity index (χ4n) is 4.96. The van der Waals surface area contributed by atoms with Gasteiger partial charge in [0.05, 0.1) is 0 Å². The Bertz CT molecular complexity index is 1420. The van der Waals surface area contributed by atoms with Crippen LogP contribution in [0.1, 0.15) is 17.9 Å². The number of nitrogens with zero attached hydrogens (tertiary/aromatic N) is 1. The van der Waals surface area contributed by atoms with Crippen molar-refractivity contribution in [2.45, 2.75) is 12.3 Å². The Morgan fingerprint density at radius 1 is 0.531 bits per heavy atom. The molecule has 5 aromatic rings. The Labute approximate surface area is 188 Å². The molecule has 1 nitrogen and oxygen atoms in total. The van der Waals surface area contributed by atoms with Crippen molar-refractivity contribution in [3.63, 3.8) is 0 Å². The number of aliphatic imine (C=N–C) groups is 1. The van der Waals surface area contributed by atoms with Gasteiger partial charge in [-0.2, -0.15) is 0 Å². The minimum absolute atomic E-state index is 0.364. The molecule has 6 rings (SSSR count). The van der Waals surface area contributed by atoms with E-state index in [0.717, 1.165) is 6.42 Å². The van der Waals surface area contributed by atoms with Crippen molar-refractivity contribution in [3.05, 3.63) is 121 Å². The number of hydrogen-bond acceptors (Lipinski definition) is 1. The molecule has 0 fully saturated rings. The van der Waals surface area contributed by atoms with Crippen molar-refractivity contribution in [1.29, 1.82) is 0 Å². The molecule has 0 saturated heterocycles. The number of rotatable bonds is 3. The Morgan fingerprint density at radius 2 is 1.03 bits per heavy atom. The molecule has 0 amide bonds. The van der Waals surface area contributed by atoms with Gasteiger partial charge in [-0.1, -0.05) is 109 Å². The van der Waals surface area contributed by atoms with Gasteiger partial charge in [0.2, 0.25) is 0 Å². The second kappa shape index (κ2) is 7.94. The quantitative estimate of drug-likeness (QED) is 0.265. The molecule has 0 bridgehead atoms. The maximum Gasteiger partial charge on any atom is 0.0228 e. The topological polar surface area (TPSA) is 12.4 Å². The molecule has 1 aliphatic heterocycles. The molecule has 0 radical (unpaired) electrons. The molecule has 0 saturated carbocycles. The molecular weight excluding hydrogens is 386 g/mol. The SMILES string of the molecule is C1=CN=CC(c2ccc(-c3c4ccccc4c(-c4ccccc4)c4ccccc34)cc2)C1. The summed E-state index contributed by atoms with van der Waals surface area (Å²) in [5.41, 5.74) is 6.44. The van der Waals surface area contributed by atoms with Crippen LogP contribution in [0.2, 0.25) is 0 Å². The Morgan fingerprint density at radius 3 is 1.53 bits per heavy atom. The molecule has 152 valence electrons. The first kappa shape index (κ1) is 18.8. The van der Waals surface area contributed by atoms with Gasteiger partial charge in [-0.15, -0.1) is 0 Å². The van der Waals surface area contributed by atoms with Gasteiger partial charge < -0.3 is 0 Å². The summed E-state index contributed by atoms with van der Waals surface area (Å²) in [5, 5.41) is 5.17. The summed E-state index contributed by atoms with van der Waals surface area (Å²) in [7, 11) is 0. The van der Waals surface area contributed by atoms with Crippen LogP contribution in [0.25, 0.3) is 43.8 Å². The number of fused-ring (bicyclic) bond motifs is 2. The molecule has 1 heteroatoms. The van der Waals surface area contributed by atoms with Crippen LogP contribution in [0.15, 0.2) is 120 Å². The van der Waals surface area contributed by atoms with Crippen LogP contribution in [0.3, 0.4) is 0 Å². The van der Waals surface area contributed by atoms with Crippen LogP contribution in [0.4, 0.5) is 0 Å². The van der Waals surface area contributed by atoms with Crippen molar-refractivity contribution >= 4 is 27.8 Å². The molecule has 32 heavy (non-hydrogen) atoms. The molecule has 1 unspecified atom stereocenters. The van der Waals surface area contributed by atoms with Crippen molar-refractivity contribution in [3.8, 4) is 22.3 Å². The number of allylic oxidation sites excluding steroid dienone is 1. The molecule has 5 aromatic carbocycles. The van der Waals surface area contributed by atoms with Crippen molar-refractivity contribution in [2.75, 3.05) is 0 Å². The lowest BCUT2D eigenvalue weighted by molar-refractivity contribution is 0.909. The second-order valence-electron chi connectivity index (χ2n) is 8.35. The third-order valence-electron chi connectivity index (χ3n) is 6.47. The van der Waals surface area contributed by atoms with E-state index in [2.05, 4.69) is 120 Å². The van der Waals surface area contributed by atoms with E-state index >= 15 is 0 Å².